The van der Waals surface area contributed by atoms with Gasteiger partial charge in [0.05, 0.1) is 11.1 Å². The van der Waals surface area contributed by atoms with Crippen molar-refractivity contribution in [1.82, 2.24) is 19.6 Å². The fourth-order valence-electron chi connectivity index (χ4n) is 4.33. The summed E-state index contributed by atoms with van der Waals surface area (Å²) in [5, 5.41) is 5.24. The molecule has 3 heterocycles. The van der Waals surface area contributed by atoms with E-state index in [0.29, 0.717) is 11.9 Å². The predicted octanol–water partition coefficient (Wildman–Crippen LogP) is 2.86. The first-order valence-corrected chi connectivity index (χ1v) is 9.49. The van der Waals surface area contributed by atoms with Crippen LogP contribution < -0.4 is 0 Å². The second-order valence-electron chi connectivity index (χ2n) is 7.63. The molecule has 1 aromatic rings. The Bertz CT molecular complexity index is 627. The molecule has 0 bridgehead atoms. The largest absolute Gasteiger partial charge is 0.340 e. The third kappa shape index (κ3) is 2.97. The molecule has 1 unspecified atom stereocenters. The average Bonchev–Trinajstić information content (AvgIpc) is 3.07. The lowest BCUT2D eigenvalue weighted by Gasteiger charge is -2.41. The van der Waals surface area contributed by atoms with E-state index in [1.54, 1.807) is 4.68 Å². The lowest BCUT2D eigenvalue weighted by molar-refractivity contribution is -0.147. The van der Waals surface area contributed by atoms with Gasteiger partial charge in [-0.05, 0) is 46.1 Å². The predicted molar refractivity (Wildman–Crippen MR) is 96.0 cm³/mol. The van der Waals surface area contributed by atoms with E-state index in [2.05, 4.69) is 35.7 Å². The highest BCUT2D eigenvalue weighted by Crippen LogP contribution is 2.41. The van der Waals surface area contributed by atoms with E-state index < -0.39 is 0 Å². The zero-order valence-electron chi connectivity index (χ0n) is 15.3. The van der Waals surface area contributed by atoms with Crippen molar-refractivity contribution in [2.24, 2.45) is 12.5 Å². The van der Waals surface area contributed by atoms with Crippen molar-refractivity contribution < 1.29 is 4.79 Å². The summed E-state index contributed by atoms with van der Waals surface area (Å²) >= 11 is 6.44. The normalized spacial score (nSPS) is 25.4. The van der Waals surface area contributed by atoms with Crippen molar-refractivity contribution >= 4 is 17.5 Å². The topological polar surface area (TPSA) is 41.4 Å². The van der Waals surface area contributed by atoms with Crippen molar-refractivity contribution in [3.63, 3.8) is 0 Å². The molecule has 1 aromatic heterocycles. The van der Waals surface area contributed by atoms with Crippen LogP contribution in [0.15, 0.2) is 0 Å². The Labute approximate surface area is 149 Å². The van der Waals surface area contributed by atoms with Gasteiger partial charge in [0.1, 0.15) is 5.15 Å². The van der Waals surface area contributed by atoms with Crippen LogP contribution in [0.1, 0.15) is 51.3 Å². The fourth-order valence-corrected chi connectivity index (χ4v) is 4.54. The van der Waals surface area contributed by atoms with E-state index in [9.17, 15) is 4.79 Å². The molecule has 134 valence electrons. The number of likely N-dealkylation sites (tertiary alicyclic amines) is 2. The minimum atomic E-state index is -0.177. The molecule has 2 saturated heterocycles. The molecule has 24 heavy (non-hydrogen) atoms. The summed E-state index contributed by atoms with van der Waals surface area (Å²) in [7, 11) is 1.89. The van der Waals surface area contributed by atoms with Crippen molar-refractivity contribution in [3.8, 4) is 0 Å². The van der Waals surface area contributed by atoms with Gasteiger partial charge in [0.15, 0.2) is 0 Å². The smallest absolute Gasteiger partial charge is 0.230 e. The highest BCUT2D eigenvalue weighted by atomic mass is 35.5. The van der Waals surface area contributed by atoms with Crippen molar-refractivity contribution in [3.05, 3.63) is 16.4 Å². The zero-order chi connectivity index (χ0) is 17.5. The number of hydrogen-bond donors (Lipinski definition) is 0. The number of carbonyl (C=O) groups excluding carboxylic acids is 1. The minimum Gasteiger partial charge on any atom is -0.340 e. The van der Waals surface area contributed by atoms with Crippen molar-refractivity contribution in [2.75, 3.05) is 19.6 Å². The van der Waals surface area contributed by atoms with Crippen LogP contribution in [0.3, 0.4) is 0 Å². The SMILES string of the molecule is CCc1nn(C)c(Cl)c1CN1CCC2(CCCN(C(C)C)C2=O)C1. The van der Waals surface area contributed by atoms with Crippen LogP contribution in [0.2, 0.25) is 5.15 Å². The Morgan fingerprint density at radius 2 is 2.04 bits per heavy atom. The molecule has 0 radical (unpaired) electrons. The van der Waals surface area contributed by atoms with Gasteiger partial charge in [-0.3, -0.25) is 14.4 Å². The fraction of sp³-hybridized carbons (Fsp3) is 0.778. The molecule has 2 fully saturated rings. The molecular formula is C18H29ClN4O. The van der Waals surface area contributed by atoms with Gasteiger partial charge in [-0.25, -0.2) is 0 Å². The summed E-state index contributed by atoms with van der Waals surface area (Å²) in [4.78, 5) is 17.5. The molecule has 0 saturated carbocycles. The monoisotopic (exact) mass is 352 g/mol. The first-order chi connectivity index (χ1) is 11.4. The number of carbonyl (C=O) groups is 1. The van der Waals surface area contributed by atoms with E-state index in [0.717, 1.165) is 68.3 Å². The molecular weight excluding hydrogens is 324 g/mol. The number of amides is 1. The third-order valence-corrected chi connectivity index (χ3v) is 6.17. The number of halogens is 1. The van der Waals surface area contributed by atoms with Gasteiger partial charge < -0.3 is 4.90 Å². The van der Waals surface area contributed by atoms with Gasteiger partial charge in [-0.1, -0.05) is 18.5 Å². The van der Waals surface area contributed by atoms with Crippen LogP contribution in [0, 0.1) is 5.41 Å². The van der Waals surface area contributed by atoms with E-state index in [4.69, 9.17) is 11.6 Å². The zero-order valence-corrected chi connectivity index (χ0v) is 16.1. The van der Waals surface area contributed by atoms with Crippen LogP contribution in [-0.2, 0) is 24.8 Å². The molecule has 5 nitrogen and oxygen atoms in total. The quantitative estimate of drug-likeness (QED) is 0.836. The van der Waals surface area contributed by atoms with Crippen LogP contribution in [-0.4, -0.2) is 51.2 Å². The highest BCUT2D eigenvalue weighted by molar-refractivity contribution is 6.30. The molecule has 0 aromatic carbocycles. The van der Waals surface area contributed by atoms with E-state index in [1.807, 2.05) is 7.05 Å². The molecule has 1 amide bonds. The maximum absolute atomic E-state index is 13.0. The van der Waals surface area contributed by atoms with Gasteiger partial charge in [0.2, 0.25) is 5.91 Å². The second-order valence-corrected chi connectivity index (χ2v) is 7.99. The van der Waals surface area contributed by atoms with Crippen molar-refractivity contribution in [2.45, 2.75) is 59.0 Å². The third-order valence-electron chi connectivity index (χ3n) is 5.69. The Kier molecular flexibility index (Phi) is 4.94. The Morgan fingerprint density at radius 3 is 2.71 bits per heavy atom. The first-order valence-electron chi connectivity index (χ1n) is 9.11. The standard InChI is InChI=1S/C18H29ClN4O/c1-5-15-14(16(19)21(4)20-15)11-22-10-8-18(12-22)7-6-9-23(13(2)3)17(18)24/h13H,5-12H2,1-4H3. The number of piperidine rings is 1. The van der Waals surface area contributed by atoms with E-state index in [-0.39, 0.29) is 5.41 Å². The van der Waals surface area contributed by atoms with Crippen LogP contribution in [0.5, 0.6) is 0 Å². The van der Waals surface area contributed by atoms with Crippen LogP contribution in [0.25, 0.3) is 0 Å². The van der Waals surface area contributed by atoms with Crippen LogP contribution in [0.4, 0.5) is 0 Å². The Balaban J connectivity index is 1.75. The minimum absolute atomic E-state index is 0.177. The summed E-state index contributed by atoms with van der Waals surface area (Å²) in [5.41, 5.74) is 2.02. The number of nitrogens with zero attached hydrogens (tertiary/aromatic N) is 4. The Hall–Kier alpha value is -1.07. The summed E-state index contributed by atoms with van der Waals surface area (Å²) in [6.45, 7) is 9.87. The molecule has 6 heteroatoms. The molecule has 0 aliphatic carbocycles. The lowest BCUT2D eigenvalue weighted by atomic mass is 9.78. The van der Waals surface area contributed by atoms with Crippen molar-refractivity contribution in [1.29, 1.82) is 0 Å². The molecule has 1 spiro atoms. The average molecular weight is 353 g/mol. The van der Waals surface area contributed by atoms with E-state index in [1.165, 1.54) is 0 Å². The summed E-state index contributed by atoms with van der Waals surface area (Å²) in [5.74, 6) is 0.360. The summed E-state index contributed by atoms with van der Waals surface area (Å²) in [6, 6.07) is 0.295. The van der Waals surface area contributed by atoms with Gasteiger partial charge in [0.25, 0.3) is 0 Å². The van der Waals surface area contributed by atoms with Gasteiger partial charge in [-0.15, -0.1) is 0 Å². The number of hydrogen-bond acceptors (Lipinski definition) is 3. The lowest BCUT2D eigenvalue weighted by Crippen LogP contribution is -2.52. The highest BCUT2D eigenvalue weighted by Gasteiger charge is 2.48. The van der Waals surface area contributed by atoms with Gasteiger partial charge in [0, 0.05) is 38.3 Å². The maximum atomic E-state index is 13.0. The molecule has 3 rings (SSSR count). The first kappa shape index (κ1) is 17.7. The maximum Gasteiger partial charge on any atom is 0.230 e. The summed E-state index contributed by atoms with van der Waals surface area (Å²) in [6.07, 6.45) is 3.99. The van der Waals surface area contributed by atoms with Crippen LogP contribution >= 0.6 is 11.6 Å². The molecule has 2 aliphatic rings. The number of aryl methyl sites for hydroxylation is 2. The molecule has 1 atom stereocenters. The number of rotatable bonds is 4. The number of aromatic nitrogens is 2. The van der Waals surface area contributed by atoms with Gasteiger partial charge in [-0.2, -0.15) is 5.10 Å². The second kappa shape index (κ2) is 6.68. The molecule has 2 aliphatic heterocycles. The Morgan fingerprint density at radius 1 is 1.29 bits per heavy atom. The van der Waals surface area contributed by atoms with Gasteiger partial charge >= 0.3 is 0 Å². The van der Waals surface area contributed by atoms with E-state index >= 15 is 0 Å². The molecule has 0 N–H and O–H groups in total. The summed E-state index contributed by atoms with van der Waals surface area (Å²) < 4.78 is 1.76.